The molecule has 19 heavy (non-hydrogen) atoms. The number of amidine groups is 1. The molecule has 0 radical (unpaired) electrons. The molecule has 0 unspecified atom stereocenters. The second-order valence-corrected chi connectivity index (χ2v) is 4.76. The summed E-state index contributed by atoms with van der Waals surface area (Å²) in [6.07, 6.45) is 0.969. The number of hydrogen-bond acceptors (Lipinski definition) is 1. The highest BCUT2D eigenvalue weighted by Gasteiger charge is 2.25. The minimum Gasteiger partial charge on any atom is -0.322 e. The molecule has 96 valence electrons. The maximum absolute atomic E-state index is 13.3. The van der Waals surface area contributed by atoms with Crippen molar-refractivity contribution < 1.29 is 4.39 Å². The van der Waals surface area contributed by atoms with Crippen LogP contribution in [-0.2, 0) is 13.0 Å². The molecule has 0 aromatic heterocycles. The third-order valence-electron chi connectivity index (χ3n) is 3.56. The van der Waals surface area contributed by atoms with Crippen molar-refractivity contribution in [3.05, 3.63) is 65.0 Å². The van der Waals surface area contributed by atoms with E-state index >= 15 is 0 Å². The van der Waals surface area contributed by atoms with E-state index in [0.29, 0.717) is 17.9 Å². The molecule has 2 aromatic rings. The van der Waals surface area contributed by atoms with Crippen LogP contribution in [0.4, 0.5) is 10.1 Å². The van der Waals surface area contributed by atoms with Crippen molar-refractivity contribution in [2.45, 2.75) is 19.9 Å². The van der Waals surface area contributed by atoms with Crippen LogP contribution in [-0.4, -0.2) is 5.84 Å². The summed E-state index contributed by atoms with van der Waals surface area (Å²) in [4.78, 5) is 1.92. The highest BCUT2D eigenvalue weighted by Crippen LogP contribution is 2.29. The summed E-state index contributed by atoms with van der Waals surface area (Å²) >= 11 is 0. The molecule has 0 bridgehead atoms. The molecule has 0 spiro atoms. The maximum atomic E-state index is 13.3. The highest BCUT2D eigenvalue weighted by atomic mass is 19.1. The standard InChI is InChI=1S/C16H15FN2/c1-2-11-4-3-5-14(8-11)19-10-12-6-7-13(17)9-15(12)16(19)18/h3-9,18H,2,10H2,1H3. The van der Waals surface area contributed by atoms with E-state index in [1.165, 1.54) is 17.7 Å². The van der Waals surface area contributed by atoms with Crippen LogP contribution in [0.15, 0.2) is 42.5 Å². The molecule has 0 saturated carbocycles. The quantitative estimate of drug-likeness (QED) is 0.868. The zero-order valence-electron chi connectivity index (χ0n) is 10.8. The summed E-state index contributed by atoms with van der Waals surface area (Å²) in [7, 11) is 0. The Morgan fingerprint density at radius 1 is 1.21 bits per heavy atom. The molecule has 0 aliphatic carbocycles. The van der Waals surface area contributed by atoms with Gasteiger partial charge in [-0.3, -0.25) is 5.41 Å². The fraction of sp³-hybridized carbons (Fsp3) is 0.188. The first-order chi connectivity index (χ1) is 9.19. The van der Waals surface area contributed by atoms with Crippen molar-refractivity contribution in [3.8, 4) is 0 Å². The first-order valence-corrected chi connectivity index (χ1v) is 6.43. The van der Waals surface area contributed by atoms with Crippen molar-refractivity contribution in [2.75, 3.05) is 4.90 Å². The predicted molar refractivity (Wildman–Crippen MR) is 75.2 cm³/mol. The van der Waals surface area contributed by atoms with Crippen LogP contribution >= 0.6 is 0 Å². The first kappa shape index (κ1) is 11.9. The second kappa shape index (κ2) is 4.50. The van der Waals surface area contributed by atoms with Gasteiger partial charge in [0, 0.05) is 11.3 Å². The smallest absolute Gasteiger partial charge is 0.133 e. The summed E-state index contributed by atoms with van der Waals surface area (Å²) in [6, 6.07) is 12.8. The summed E-state index contributed by atoms with van der Waals surface area (Å²) in [6.45, 7) is 2.75. The zero-order valence-corrected chi connectivity index (χ0v) is 10.8. The molecule has 2 aromatic carbocycles. The van der Waals surface area contributed by atoms with Gasteiger partial charge in [-0.05, 0) is 41.8 Å². The van der Waals surface area contributed by atoms with Gasteiger partial charge in [0.2, 0.25) is 0 Å². The number of fused-ring (bicyclic) bond motifs is 1. The van der Waals surface area contributed by atoms with E-state index in [9.17, 15) is 4.39 Å². The SMILES string of the molecule is CCc1cccc(N2Cc3ccc(F)cc3C2=N)c1. The van der Waals surface area contributed by atoms with Gasteiger partial charge < -0.3 is 4.90 Å². The summed E-state index contributed by atoms with van der Waals surface area (Å²) in [5.41, 5.74) is 3.95. The minimum absolute atomic E-state index is 0.285. The lowest BCUT2D eigenvalue weighted by Crippen LogP contribution is -2.23. The van der Waals surface area contributed by atoms with Gasteiger partial charge in [-0.1, -0.05) is 25.1 Å². The Kier molecular flexibility index (Phi) is 2.82. The van der Waals surface area contributed by atoms with Crippen LogP contribution in [0.25, 0.3) is 0 Å². The molecule has 3 heteroatoms. The van der Waals surface area contributed by atoms with E-state index < -0.39 is 0 Å². The Balaban J connectivity index is 1.99. The monoisotopic (exact) mass is 254 g/mol. The number of benzene rings is 2. The lowest BCUT2D eigenvalue weighted by Gasteiger charge is -2.18. The van der Waals surface area contributed by atoms with Crippen LogP contribution in [0.5, 0.6) is 0 Å². The van der Waals surface area contributed by atoms with Crippen molar-refractivity contribution in [1.29, 1.82) is 5.41 Å². The minimum atomic E-state index is -0.285. The van der Waals surface area contributed by atoms with Crippen LogP contribution in [0, 0.1) is 11.2 Å². The number of nitrogens with zero attached hydrogens (tertiary/aromatic N) is 1. The summed E-state index contributed by atoms with van der Waals surface area (Å²) in [5, 5.41) is 8.21. The van der Waals surface area contributed by atoms with Gasteiger partial charge in [0.15, 0.2) is 0 Å². The molecule has 1 heterocycles. The third-order valence-corrected chi connectivity index (χ3v) is 3.56. The molecule has 0 amide bonds. The van der Waals surface area contributed by atoms with Gasteiger partial charge in [-0.25, -0.2) is 4.39 Å². The topological polar surface area (TPSA) is 27.1 Å². The molecular weight excluding hydrogens is 239 g/mol. The molecule has 1 aliphatic heterocycles. The predicted octanol–water partition coefficient (Wildman–Crippen LogP) is 3.73. The van der Waals surface area contributed by atoms with Crippen LogP contribution in [0.2, 0.25) is 0 Å². The Labute approximate surface area is 112 Å². The number of nitrogens with one attached hydrogen (secondary N) is 1. The van der Waals surface area contributed by atoms with Crippen LogP contribution in [0.3, 0.4) is 0 Å². The van der Waals surface area contributed by atoms with Crippen LogP contribution in [0.1, 0.15) is 23.6 Å². The molecular formula is C16H15FN2. The van der Waals surface area contributed by atoms with Gasteiger partial charge in [0.25, 0.3) is 0 Å². The number of rotatable bonds is 2. The molecule has 0 atom stereocenters. The van der Waals surface area contributed by atoms with E-state index in [1.54, 1.807) is 6.07 Å². The van der Waals surface area contributed by atoms with Gasteiger partial charge in [-0.15, -0.1) is 0 Å². The lowest BCUT2D eigenvalue weighted by molar-refractivity contribution is 0.627. The number of anilines is 1. The number of halogens is 1. The molecule has 0 fully saturated rings. The number of hydrogen-bond donors (Lipinski definition) is 1. The normalized spacial score (nSPS) is 13.8. The van der Waals surface area contributed by atoms with Crippen molar-refractivity contribution >= 4 is 11.5 Å². The average molecular weight is 254 g/mol. The molecule has 3 rings (SSSR count). The molecule has 2 nitrogen and oxygen atoms in total. The Morgan fingerprint density at radius 3 is 2.84 bits per heavy atom. The Morgan fingerprint density at radius 2 is 2.05 bits per heavy atom. The average Bonchev–Trinajstić information content (AvgIpc) is 2.76. The molecule has 1 N–H and O–H groups in total. The third kappa shape index (κ3) is 2.01. The summed E-state index contributed by atoms with van der Waals surface area (Å²) < 4.78 is 13.3. The fourth-order valence-corrected chi connectivity index (χ4v) is 2.47. The Bertz CT molecular complexity index is 649. The van der Waals surface area contributed by atoms with Gasteiger partial charge >= 0.3 is 0 Å². The van der Waals surface area contributed by atoms with E-state index in [1.807, 2.05) is 17.0 Å². The number of aryl methyl sites for hydroxylation is 1. The van der Waals surface area contributed by atoms with Gasteiger partial charge in [0.05, 0.1) is 6.54 Å². The van der Waals surface area contributed by atoms with Crippen molar-refractivity contribution in [2.24, 2.45) is 0 Å². The highest BCUT2D eigenvalue weighted by molar-refractivity contribution is 6.11. The van der Waals surface area contributed by atoms with E-state index in [-0.39, 0.29) is 5.82 Å². The van der Waals surface area contributed by atoms with Crippen molar-refractivity contribution in [1.82, 2.24) is 0 Å². The van der Waals surface area contributed by atoms with E-state index in [0.717, 1.165) is 17.7 Å². The maximum Gasteiger partial charge on any atom is 0.133 e. The van der Waals surface area contributed by atoms with Gasteiger partial charge in [-0.2, -0.15) is 0 Å². The Hall–Kier alpha value is -2.16. The molecule has 0 saturated heterocycles. The summed E-state index contributed by atoms with van der Waals surface area (Å²) in [5.74, 6) is 0.0930. The second-order valence-electron chi connectivity index (χ2n) is 4.76. The van der Waals surface area contributed by atoms with Crippen molar-refractivity contribution in [3.63, 3.8) is 0 Å². The van der Waals surface area contributed by atoms with Gasteiger partial charge in [0.1, 0.15) is 11.7 Å². The first-order valence-electron chi connectivity index (χ1n) is 6.43. The van der Waals surface area contributed by atoms with E-state index in [4.69, 9.17) is 5.41 Å². The molecule has 1 aliphatic rings. The fourth-order valence-electron chi connectivity index (χ4n) is 2.47. The zero-order chi connectivity index (χ0) is 13.4. The lowest BCUT2D eigenvalue weighted by atomic mass is 10.1. The largest absolute Gasteiger partial charge is 0.322 e. The van der Waals surface area contributed by atoms with Crippen LogP contribution < -0.4 is 4.90 Å². The van der Waals surface area contributed by atoms with E-state index in [2.05, 4.69) is 19.1 Å².